The molecule has 25 heavy (non-hydrogen) atoms. The lowest BCUT2D eigenvalue weighted by Gasteiger charge is -2.27. The molecule has 2 heteroatoms. The minimum absolute atomic E-state index is 0.140. The van der Waals surface area contributed by atoms with Gasteiger partial charge in [0.25, 0.3) is 0 Å². The zero-order chi connectivity index (χ0) is 17.0. The van der Waals surface area contributed by atoms with Crippen LogP contribution in [0.3, 0.4) is 0 Å². The molecule has 0 aromatic heterocycles. The fraction of sp³-hybridized carbons (Fsp3) is 0.739. The molecule has 4 unspecified atom stereocenters. The Morgan fingerprint density at radius 1 is 0.720 bits per heavy atom. The molecule has 0 radical (unpaired) electrons. The van der Waals surface area contributed by atoms with Gasteiger partial charge in [0.15, 0.2) is 0 Å². The summed E-state index contributed by atoms with van der Waals surface area (Å²) in [6, 6.07) is 0. The molecule has 6 aliphatic rings. The van der Waals surface area contributed by atoms with Crippen molar-refractivity contribution in [1.82, 2.24) is 0 Å². The van der Waals surface area contributed by atoms with Crippen molar-refractivity contribution >= 4 is 11.6 Å². The minimum Gasteiger partial charge on any atom is -0.299 e. The van der Waals surface area contributed by atoms with Gasteiger partial charge in [-0.3, -0.25) is 9.59 Å². The Kier molecular flexibility index (Phi) is 2.84. The summed E-state index contributed by atoms with van der Waals surface area (Å²) in [4.78, 5) is 26.4. The van der Waals surface area contributed by atoms with Crippen molar-refractivity contribution < 1.29 is 9.59 Å². The maximum atomic E-state index is 13.2. The minimum atomic E-state index is 0.140. The van der Waals surface area contributed by atoms with Crippen LogP contribution in [-0.2, 0) is 9.59 Å². The summed E-state index contributed by atoms with van der Waals surface area (Å²) in [6.07, 6.45) is 12.6. The maximum absolute atomic E-state index is 13.2. The fourth-order valence-electron chi connectivity index (χ4n) is 8.44. The molecule has 4 saturated carbocycles. The first-order valence-corrected chi connectivity index (χ1v) is 10.5. The highest BCUT2D eigenvalue weighted by Crippen LogP contribution is 2.62. The van der Waals surface area contributed by atoms with Crippen LogP contribution in [0, 0.1) is 71.0 Å². The van der Waals surface area contributed by atoms with Gasteiger partial charge in [0.1, 0.15) is 11.6 Å². The van der Waals surface area contributed by atoms with Crippen LogP contribution in [0.4, 0.5) is 0 Å². The average molecular weight is 336 g/mol. The molecule has 4 fully saturated rings. The lowest BCUT2D eigenvalue weighted by molar-refractivity contribution is -0.128. The Balaban J connectivity index is 1.26. The van der Waals surface area contributed by atoms with E-state index >= 15 is 0 Å². The molecule has 6 rings (SSSR count). The molecule has 0 aromatic rings. The maximum Gasteiger partial charge on any atom is 0.140 e. The first kappa shape index (κ1) is 14.9. The second-order valence-electron chi connectivity index (χ2n) is 10.1. The third kappa shape index (κ3) is 1.68. The van der Waals surface area contributed by atoms with Crippen LogP contribution in [0.15, 0.2) is 24.3 Å². The summed E-state index contributed by atoms with van der Waals surface area (Å²) in [6.45, 7) is 4.61. The number of hydrogen-bond acceptors (Lipinski definition) is 2. The standard InChI is InChI=1S/C23H28O2/c1-10-16(22(24)20-14-5-3-12(7-14)18(10)20)9-17-11(2)19-13-4-6-15(8-13)21(19)23(17)25/h3-6,10-21H,7-9H2,1-2H3/t10-,11-,12+,13+,14-,15-,16-,17-,18?,19?,20?,21?/m1/s1. The van der Waals surface area contributed by atoms with Crippen LogP contribution in [0.5, 0.6) is 0 Å². The zero-order valence-corrected chi connectivity index (χ0v) is 15.2. The Morgan fingerprint density at radius 2 is 1.12 bits per heavy atom. The number of fused-ring (bicyclic) bond motifs is 10. The first-order valence-electron chi connectivity index (χ1n) is 10.5. The molecule has 12 atom stereocenters. The van der Waals surface area contributed by atoms with Crippen LogP contribution in [0.2, 0.25) is 0 Å². The number of hydrogen-bond donors (Lipinski definition) is 0. The van der Waals surface area contributed by atoms with Crippen molar-refractivity contribution in [3.05, 3.63) is 24.3 Å². The smallest absolute Gasteiger partial charge is 0.140 e. The summed E-state index contributed by atoms with van der Waals surface area (Å²) < 4.78 is 0. The molecule has 0 spiro atoms. The molecule has 0 aromatic carbocycles. The monoisotopic (exact) mass is 336 g/mol. The van der Waals surface area contributed by atoms with Gasteiger partial charge in [0.2, 0.25) is 0 Å². The van der Waals surface area contributed by atoms with Gasteiger partial charge in [-0.1, -0.05) is 38.2 Å². The average Bonchev–Trinajstić information content (AvgIpc) is 3.40. The van der Waals surface area contributed by atoms with Crippen LogP contribution in [0.1, 0.15) is 33.1 Å². The number of carbonyl (C=O) groups excluding carboxylic acids is 2. The lowest BCUT2D eigenvalue weighted by Crippen LogP contribution is -2.27. The second kappa shape index (κ2) is 4.75. The Labute approximate surface area is 150 Å². The van der Waals surface area contributed by atoms with E-state index in [1.165, 1.54) is 12.8 Å². The van der Waals surface area contributed by atoms with Crippen LogP contribution in [-0.4, -0.2) is 11.6 Å². The predicted molar refractivity (Wildman–Crippen MR) is 95.4 cm³/mol. The summed E-state index contributed by atoms with van der Waals surface area (Å²) >= 11 is 0. The van der Waals surface area contributed by atoms with Gasteiger partial charge in [-0.25, -0.2) is 0 Å². The molecule has 2 nitrogen and oxygen atoms in total. The molecular weight excluding hydrogens is 308 g/mol. The van der Waals surface area contributed by atoms with Gasteiger partial charge < -0.3 is 0 Å². The van der Waals surface area contributed by atoms with Crippen molar-refractivity contribution in [2.24, 2.45) is 71.0 Å². The third-order valence-electron chi connectivity index (χ3n) is 9.42. The normalized spacial score (nSPS) is 60.1. The molecule has 0 heterocycles. The van der Waals surface area contributed by atoms with Crippen LogP contribution >= 0.6 is 0 Å². The Hall–Kier alpha value is -1.18. The second-order valence-corrected chi connectivity index (χ2v) is 10.1. The highest BCUT2D eigenvalue weighted by Gasteiger charge is 2.62. The van der Waals surface area contributed by atoms with Crippen molar-refractivity contribution in [1.29, 1.82) is 0 Å². The number of Topliss-reactive ketones (excluding diaryl/α,β-unsaturated/α-hetero) is 2. The van der Waals surface area contributed by atoms with Gasteiger partial charge in [0, 0.05) is 23.7 Å². The zero-order valence-electron chi connectivity index (χ0n) is 15.2. The predicted octanol–water partition coefficient (Wildman–Crippen LogP) is 3.92. The van der Waals surface area contributed by atoms with Crippen molar-refractivity contribution in [3.63, 3.8) is 0 Å². The van der Waals surface area contributed by atoms with Gasteiger partial charge >= 0.3 is 0 Å². The number of allylic oxidation sites excluding steroid dienone is 4. The van der Waals surface area contributed by atoms with E-state index in [1.54, 1.807) is 0 Å². The summed E-state index contributed by atoms with van der Waals surface area (Å²) in [5.74, 6) is 6.19. The number of ketones is 2. The van der Waals surface area contributed by atoms with E-state index in [-0.39, 0.29) is 23.7 Å². The Bertz CT molecular complexity index is 658. The van der Waals surface area contributed by atoms with E-state index < -0.39 is 0 Å². The number of carbonyl (C=O) groups is 2. The van der Waals surface area contributed by atoms with E-state index in [1.807, 2.05) is 0 Å². The van der Waals surface area contributed by atoms with E-state index in [4.69, 9.17) is 0 Å². The summed E-state index contributed by atoms with van der Waals surface area (Å²) in [7, 11) is 0. The fourth-order valence-corrected chi connectivity index (χ4v) is 8.44. The van der Waals surface area contributed by atoms with Crippen molar-refractivity contribution in [2.75, 3.05) is 0 Å². The summed E-state index contributed by atoms with van der Waals surface area (Å²) in [5.41, 5.74) is 0. The molecule has 0 saturated heterocycles. The highest BCUT2D eigenvalue weighted by molar-refractivity contribution is 5.91. The Morgan fingerprint density at radius 3 is 1.52 bits per heavy atom. The first-order chi connectivity index (χ1) is 12.1. The van der Waals surface area contributed by atoms with Gasteiger partial charge in [0.05, 0.1) is 0 Å². The molecule has 0 amide bonds. The molecule has 6 aliphatic carbocycles. The highest BCUT2D eigenvalue weighted by atomic mass is 16.1. The lowest BCUT2D eigenvalue weighted by atomic mass is 9.76. The summed E-state index contributed by atoms with van der Waals surface area (Å²) in [5, 5.41) is 0. The van der Waals surface area contributed by atoms with Crippen LogP contribution in [0.25, 0.3) is 0 Å². The molecule has 0 aliphatic heterocycles. The van der Waals surface area contributed by atoms with E-state index in [0.717, 1.165) is 6.42 Å². The van der Waals surface area contributed by atoms with Crippen molar-refractivity contribution in [2.45, 2.75) is 33.1 Å². The quantitative estimate of drug-likeness (QED) is 0.716. The van der Waals surface area contributed by atoms with Crippen LogP contribution < -0.4 is 0 Å². The largest absolute Gasteiger partial charge is 0.299 e. The van der Waals surface area contributed by atoms with Gasteiger partial charge in [-0.15, -0.1) is 0 Å². The molecule has 0 N–H and O–H groups in total. The van der Waals surface area contributed by atoms with Gasteiger partial charge in [-0.2, -0.15) is 0 Å². The van der Waals surface area contributed by atoms with Crippen molar-refractivity contribution in [3.8, 4) is 0 Å². The topological polar surface area (TPSA) is 34.1 Å². The molecule has 4 bridgehead atoms. The molecular formula is C23H28O2. The third-order valence-corrected chi connectivity index (χ3v) is 9.42. The molecule has 132 valence electrons. The van der Waals surface area contributed by atoms with Gasteiger partial charge in [-0.05, 0) is 66.6 Å². The van der Waals surface area contributed by atoms with E-state index in [2.05, 4.69) is 38.2 Å². The van der Waals surface area contributed by atoms with E-state index in [0.29, 0.717) is 58.9 Å². The number of rotatable bonds is 2. The van der Waals surface area contributed by atoms with E-state index in [9.17, 15) is 9.59 Å². The SMILES string of the molecule is C[C@H]1C2C(C(=O)[C@@H]1C[C@H]1C(=O)C3C([C@H]4C=C[C@@H]3C4)[C@@H]1C)[C@@H]1C=C[C@H]2C1.